The molecule has 0 spiro atoms. The van der Waals surface area contributed by atoms with E-state index in [4.69, 9.17) is 23.7 Å². The summed E-state index contributed by atoms with van der Waals surface area (Å²) in [6, 6.07) is 0. The highest BCUT2D eigenvalue weighted by Gasteiger charge is 2.12. The van der Waals surface area contributed by atoms with E-state index in [0.717, 1.165) is 25.9 Å². The summed E-state index contributed by atoms with van der Waals surface area (Å²) < 4.78 is 27.4. The lowest BCUT2D eigenvalue weighted by Crippen LogP contribution is -2.15. The maximum atomic E-state index is 12.0. The van der Waals surface area contributed by atoms with Gasteiger partial charge < -0.3 is 23.7 Å². The summed E-state index contributed by atoms with van der Waals surface area (Å²) in [6.07, 6.45) is 13.2. The Kier molecular flexibility index (Phi) is 26.0. The van der Waals surface area contributed by atoms with Crippen molar-refractivity contribution in [3.8, 4) is 0 Å². The van der Waals surface area contributed by atoms with Crippen molar-refractivity contribution < 1.29 is 28.5 Å². The van der Waals surface area contributed by atoms with Gasteiger partial charge in [-0.3, -0.25) is 4.79 Å². The highest BCUT2D eigenvalue weighted by atomic mass is 16.6. The van der Waals surface area contributed by atoms with Crippen molar-refractivity contribution in [3.63, 3.8) is 0 Å². The van der Waals surface area contributed by atoms with E-state index < -0.39 is 0 Å². The molecule has 0 rings (SSSR count). The lowest BCUT2D eigenvalue weighted by Gasteiger charge is -2.16. The molecular weight excluding hydrogens is 408 g/mol. The summed E-state index contributed by atoms with van der Waals surface area (Å²) in [4.78, 5) is 12.0. The number of ether oxygens (including phenoxy) is 5. The van der Waals surface area contributed by atoms with Crippen LogP contribution in [0, 0.1) is 5.92 Å². The number of esters is 1. The topological polar surface area (TPSA) is 63.2 Å². The second kappa shape index (κ2) is 26.6. The molecule has 0 aromatic heterocycles. The van der Waals surface area contributed by atoms with Crippen LogP contribution in [0.1, 0.15) is 97.8 Å². The van der Waals surface area contributed by atoms with Gasteiger partial charge in [-0.2, -0.15) is 0 Å². The number of hydrogen-bond acceptors (Lipinski definition) is 6. The van der Waals surface area contributed by atoms with Crippen LogP contribution >= 0.6 is 0 Å². The largest absolute Gasteiger partial charge is 0.465 e. The maximum absolute atomic E-state index is 12.0. The van der Waals surface area contributed by atoms with Crippen LogP contribution in [0.3, 0.4) is 0 Å². The molecule has 0 bridgehead atoms. The SMILES string of the molecule is CCCCCCC(CCCC)COC(=O)CCCOCCOCCOCCOCCCC. The molecule has 0 aromatic rings. The molecule has 32 heavy (non-hydrogen) atoms. The van der Waals surface area contributed by atoms with E-state index in [1.54, 1.807) is 0 Å². The van der Waals surface area contributed by atoms with Crippen LogP contribution in [-0.2, 0) is 28.5 Å². The molecule has 0 amide bonds. The molecule has 0 saturated carbocycles. The Balaban J connectivity index is 3.48. The number of unbranched alkanes of at least 4 members (excludes halogenated alkanes) is 5. The van der Waals surface area contributed by atoms with Crippen molar-refractivity contribution in [3.05, 3.63) is 0 Å². The van der Waals surface area contributed by atoms with Gasteiger partial charge >= 0.3 is 5.97 Å². The summed E-state index contributed by atoms with van der Waals surface area (Å²) >= 11 is 0. The maximum Gasteiger partial charge on any atom is 0.305 e. The van der Waals surface area contributed by atoms with E-state index in [1.165, 1.54) is 44.9 Å². The van der Waals surface area contributed by atoms with Crippen LogP contribution in [-0.4, -0.2) is 65.4 Å². The number of carbonyl (C=O) groups excluding carboxylic acids is 1. The van der Waals surface area contributed by atoms with Gasteiger partial charge in [-0.05, 0) is 31.6 Å². The smallest absolute Gasteiger partial charge is 0.305 e. The van der Waals surface area contributed by atoms with Crippen molar-refractivity contribution in [2.75, 3.05) is 59.5 Å². The lowest BCUT2D eigenvalue weighted by atomic mass is 9.96. The van der Waals surface area contributed by atoms with Crippen molar-refractivity contribution >= 4 is 5.97 Å². The van der Waals surface area contributed by atoms with Crippen LogP contribution in [0.4, 0.5) is 0 Å². The standard InChI is InChI=1S/C26H52O6/c1-4-7-10-11-14-25(13-8-5-2)24-32-26(27)15-12-17-29-19-21-31-23-22-30-20-18-28-16-9-6-3/h25H,4-24H2,1-3H3. The third-order valence-electron chi connectivity index (χ3n) is 5.34. The zero-order valence-corrected chi connectivity index (χ0v) is 21.4. The monoisotopic (exact) mass is 460 g/mol. The van der Waals surface area contributed by atoms with E-state index in [2.05, 4.69) is 20.8 Å². The van der Waals surface area contributed by atoms with Crippen LogP contribution < -0.4 is 0 Å². The second-order valence-electron chi connectivity index (χ2n) is 8.45. The molecular formula is C26H52O6. The van der Waals surface area contributed by atoms with Crippen molar-refractivity contribution in [1.29, 1.82) is 0 Å². The van der Waals surface area contributed by atoms with Gasteiger partial charge in [0.2, 0.25) is 0 Å². The minimum atomic E-state index is -0.101. The molecule has 0 aliphatic heterocycles. The Morgan fingerprint density at radius 2 is 1.06 bits per heavy atom. The van der Waals surface area contributed by atoms with E-state index in [9.17, 15) is 4.79 Å². The first-order valence-corrected chi connectivity index (χ1v) is 13.2. The average Bonchev–Trinajstić information content (AvgIpc) is 2.80. The molecule has 0 saturated heterocycles. The predicted octanol–water partition coefficient (Wildman–Crippen LogP) is 5.95. The van der Waals surface area contributed by atoms with Gasteiger partial charge in [-0.25, -0.2) is 0 Å². The minimum absolute atomic E-state index is 0.101. The Bertz CT molecular complexity index is 377. The third-order valence-corrected chi connectivity index (χ3v) is 5.34. The summed E-state index contributed by atoms with van der Waals surface area (Å²) in [6.45, 7) is 12.0. The Morgan fingerprint density at radius 3 is 1.62 bits per heavy atom. The molecule has 0 N–H and O–H groups in total. The first-order chi connectivity index (χ1) is 15.7. The Labute approximate surface area is 198 Å². The first kappa shape index (κ1) is 31.3. The fourth-order valence-electron chi connectivity index (χ4n) is 3.27. The van der Waals surface area contributed by atoms with Gasteiger partial charge in [0, 0.05) is 19.6 Å². The molecule has 0 radical (unpaired) electrons. The lowest BCUT2D eigenvalue weighted by molar-refractivity contribution is -0.145. The molecule has 0 aromatic carbocycles. The molecule has 1 unspecified atom stereocenters. The van der Waals surface area contributed by atoms with Crippen LogP contribution in [0.25, 0.3) is 0 Å². The highest BCUT2D eigenvalue weighted by Crippen LogP contribution is 2.18. The second-order valence-corrected chi connectivity index (χ2v) is 8.45. The summed E-state index contributed by atoms with van der Waals surface area (Å²) in [5.41, 5.74) is 0. The van der Waals surface area contributed by atoms with Gasteiger partial charge in [0.25, 0.3) is 0 Å². The minimum Gasteiger partial charge on any atom is -0.465 e. The highest BCUT2D eigenvalue weighted by molar-refractivity contribution is 5.69. The predicted molar refractivity (Wildman–Crippen MR) is 130 cm³/mol. The summed E-state index contributed by atoms with van der Waals surface area (Å²) in [7, 11) is 0. The van der Waals surface area contributed by atoms with E-state index in [0.29, 0.717) is 71.6 Å². The molecule has 6 heteroatoms. The van der Waals surface area contributed by atoms with Gasteiger partial charge in [0.05, 0.1) is 46.2 Å². The normalized spacial score (nSPS) is 12.2. The molecule has 0 heterocycles. The van der Waals surface area contributed by atoms with Crippen molar-refractivity contribution in [1.82, 2.24) is 0 Å². The number of hydrogen-bond donors (Lipinski definition) is 0. The van der Waals surface area contributed by atoms with Crippen LogP contribution in [0.2, 0.25) is 0 Å². The van der Waals surface area contributed by atoms with E-state index >= 15 is 0 Å². The molecule has 192 valence electrons. The van der Waals surface area contributed by atoms with E-state index in [-0.39, 0.29) is 5.97 Å². The quantitative estimate of drug-likeness (QED) is 0.117. The fraction of sp³-hybridized carbons (Fsp3) is 0.962. The van der Waals surface area contributed by atoms with Crippen molar-refractivity contribution in [2.45, 2.75) is 97.8 Å². The molecule has 1 atom stereocenters. The molecule has 0 aliphatic rings. The molecule has 0 aliphatic carbocycles. The zero-order valence-electron chi connectivity index (χ0n) is 21.4. The number of carbonyl (C=O) groups is 1. The van der Waals surface area contributed by atoms with Crippen LogP contribution in [0.15, 0.2) is 0 Å². The molecule has 0 fully saturated rings. The van der Waals surface area contributed by atoms with Crippen LogP contribution in [0.5, 0.6) is 0 Å². The Morgan fingerprint density at radius 1 is 0.562 bits per heavy atom. The van der Waals surface area contributed by atoms with Gasteiger partial charge in [-0.1, -0.05) is 65.7 Å². The van der Waals surface area contributed by atoms with Gasteiger partial charge in [0.15, 0.2) is 0 Å². The first-order valence-electron chi connectivity index (χ1n) is 13.2. The van der Waals surface area contributed by atoms with Crippen molar-refractivity contribution in [2.24, 2.45) is 5.92 Å². The fourth-order valence-corrected chi connectivity index (χ4v) is 3.27. The molecule has 6 nitrogen and oxygen atoms in total. The van der Waals surface area contributed by atoms with E-state index in [1.807, 2.05) is 0 Å². The number of rotatable bonds is 26. The van der Waals surface area contributed by atoms with Gasteiger partial charge in [-0.15, -0.1) is 0 Å². The summed E-state index contributed by atoms with van der Waals surface area (Å²) in [5, 5.41) is 0. The Hall–Kier alpha value is -0.690. The average molecular weight is 461 g/mol. The van der Waals surface area contributed by atoms with Gasteiger partial charge in [0.1, 0.15) is 0 Å². The third kappa shape index (κ3) is 24.0. The summed E-state index contributed by atoms with van der Waals surface area (Å²) in [5.74, 6) is 0.414. The zero-order chi connectivity index (χ0) is 23.5.